The number of rotatable bonds is 7. The van der Waals surface area contributed by atoms with Crippen LogP contribution in [0.4, 0.5) is 4.79 Å². The molecule has 4 unspecified atom stereocenters. The van der Waals surface area contributed by atoms with Gasteiger partial charge in [-0.1, -0.05) is 32.0 Å². The number of nitrogens with zero attached hydrogens (tertiary/aromatic N) is 5. The number of fused-ring (bicyclic) bond motifs is 1. The Balaban J connectivity index is 1.29. The maximum Gasteiger partial charge on any atom is 0.320 e. The molecule has 4 aliphatic heterocycles. The third-order valence-corrected chi connectivity index (χ3v) is 8.13. The van der Waals surface area contributed by atoms with E-state index in [0.29, 0.717) is 17.9 Å². The molecule has 0 spiro atoms. The fourth-order valence-corrected chi connectivity index (χ4v) is 6.41. The van der Waals surface area contributed by atoms with Gasteiger partial charge in [-0.2, -0.15) is 4.98 Å². The van der Waals surface area contributed by atoms with Gasteiger partial charge in [0.1, 0.15) is 11.0 Å². The lowest BCUT2D eigenvalue weighted by Crippen LogP contribution is -2.53. The molecule has 3 aromatic rings. The summed E-state index contributed by atoms with van der Waals surface area (Å²) < 4.78 is 18.1. The Morgan fingerprint density at radius 1 is 1.25 bits per heavy atom. The number of amides is 2. The van der Waals surface area contributed by atoms with E-state index in [2.05, 4.69) is 39.5 Å². The second-order valence-electron chi connectivity index (χ2n) is 9.35. The Hall–Kier alpha value is -3.51. The third-order valence-electron chi connectivity index (χ3n) is 7.02. The van der Waals surface area contributed by atoms with Gasteiger partial charge in [-0.3, -0.25) is 14.5 Å². The van der Waals surface area contributed by atoms with Crippen LogP contribution in [0.15, 0.2) is 47.2 Å². The number of carbonyl (C=O) groups excluding carboxylic acids is 2. The van der Waals surface area contributed by atoms with Gasteiger partial charge in [0.25, 0.3) is 5.24 Å². The lowest BCUT2D eigenvalue weighted by Gasteiger charge is -2.43. The van der Waals surface area contributed by atoms with E-state index in [1.165, 1.54) is 4.90 Å². The first-order valence-electron chi connectivity index (χ1n) is 11.8. The number of thioether (sulfide) groups is 1. The minimum Gasteiger partial charge on any atom is -0.448 e. The molecule has 0 saturated carbocycles. The summed E-state index contributed by atoms with van der Waals surface area (Å²) in [6.45, 7) is 5.72. The number of hydrogen-bond donors (Lipinski definition) is 1. The molecular weight excluding hydrogens is 484 g/mol. The lowest BCUT2D eigenvalue weighted by atomic mass is 9.74. The molecule has 0 aliphatic carbocycles. The van der Waals surface area contributed by atoms with Crippen molar-refractivity contribution in [3.8, 4) is 17.6 Å². The second kappa shape index (κ2) is 8.86. The molecule has 0 radical (unpaired) electrons. The minimum absolute atomic E-state index is 0.0608. The first kappa shape index (κ1) is 22.9. The molecule has 11 nitrogen and oxygen atoms in total. The fourth-order valence-electron chi connectivity index (χ4n) is 5.27. The summed E-state index contributed by atoms with van der Waals surface area (Å²) in [5.41, 5.74) is -0.0838. The van der Waals surface area contributed by atoms with Crippen molar-refractivity contribution >= 4 is 22.9 Å². The molecule has 2 bridgehead atoms. The zero-order valence-corrected chi connectivity index (χ0v) is 20.5. The van der Waals surface area contributed by atoms with Crippen LogP contribution >= 0.6 is 11.8 Å². The van der Waals surface area contributed by atoms with Crippen molar-refractivity contribution in [2.45, 2.75) is 37.2 Å². The number of nitrogens with one attached hydrogen (secondary N) is 1. The maximum absolute atomic E-state index is 12.1. The molecule has 4 fully saturated rings. The fraction of sp³-hybridized carbons (Fsp3) is 0.417. The highest BCUT2D eigenvalue weighted by molar-refractivity contribution is 8.15. The van der Waals surface area contributed by atoms with Gasteiger partial charge >= 0.3 is 6.01 Å². The second-order valence-corrected chi connectivity index (χ2v) is 10.4. The predicted octanol–water partition coefficient (Wildman–Crippen LogP) is 3.31. The summed E-state index contributed by atoms with van der Waals surface area (Å²) in [5, 5.41) is 10.4. The van der Waals surface area contributed by atoms with E-state index in [0.717, 1.165) is 30.4 Å². The Kier molecular flexibility index (Phi) is 5.64. The van der Waals surface area contributed by atoms with Crippen LogP contribution < -0.4 is 14.8 Å². The normalized spacial score (nSPS) is 27.3. The van der Waals surface area contributed by atoms with Crippen molar-refractivity contribution in [1.82, 2.24) is 30.6 Å². The number of para-hydroxylation sites is 1. The van der Waals surface area contributed by atoms with E-state index in [1.54, 1.807) is 24.5 Å². The van der Waals surface area contributed by atoms with Crippen molar-refractivity contribution in [2.24, 2.45) is 11.8 Å². The summed E-state index contributed by atoms with van der Waals surface area (Å²) in [6, 6.07) is 8.77. The smallest absolute Gasteiger partial charge is 0.320 e. The maximum atomic E-state index is 12.1. The molecule has 12 heteroatoms. The molecule has 4 saturated heterocycles. The topological polar surface area (TPSA) is 133 Å². The lowest BCUT2D eigenvalue weighted by molar-refractivity contribution is -0.137. The zero-order chi connectivity index (χ0) is 24.9. The van der Waals surface area contributed by atoms with Crippen molar-refractivity contribution in [2.75, 3.05) is 13.1 Å². The summed E-state index contributed by atoms with van der Waals surface area (Å²) in [7, 11) is 0. The zero-order valence-electron chi connectivity index (χ0n) is 19.7. The van der Waals surface area contributed by atoms with Crippen LogP contribution in [0.1, 0.15) is 37.6 Å². The summed E-state index contributed by atoms with van der Waals surface area (Å²) in [5.74, 6) is 1.50. The molecule has 4 atom stereocenters. The van der Waals surface area contributed by atoms with Crippen LogP contribution in [0.2, 0.25) is 0 Å². The van der Waals surface area contributed by atoms with Crippen LogP contribution in [0.25, 0.3) is 0 Å². The van der Waals surface area contributed by atoms with Crippen LogP contribution in [0.3, 0.4) is 0 Å². The summed E-state index contributed by atoms with van der Waals surface area (Å²) in [4.78, 5) is 34.3. The number of benzene rings is 1. The third kappa shape index (κ3) is 3.63. The van der Waals surface area contributed by atoms with E-state index in [-0.39, 0.29) is 40.9 Å². The van der Waals surface area contributed by atoms with E-state index >= 15 is 0 Å². The first-order valence-corrected chi connectivity index (χ1v) is 12.7. The molecule has 1 N–H and O–H groups in total. The summed E-state index contributed by atoms with van der Waals surface area (Å²) >= 11 is 1.06. The van der Waals surface area contributed by atoms with Gasteiger partial charge in [-0.15, -0.1) is 5.10 Å². The average molecular weight is 509 g/mol. The van der Waals surface area contributed by atoms with Gasteiger partial charge in [0.05, 0.1) is 12.2 Å². The molecule has 1 aromatic carbocycles. The highest BCUT2D eigenvalue weighted by Gasteiger charge is 2.60. The molecule has 6 heterocycles. The van der Waals surface area contributed by atoms with Gasteiger partial charge in [0.15, 0.2) is 5.60 Å². The molecule has 7 rings (SSSR count). The number of piperidine rings is 1. The molecule has 4 aliphatic rings. The average Bonchev–Trinajstić information content (AvgIpc) is 3.60. The number of imide groups is 1. The number of β-lactam (4-membered cyclic amide) rings is 1. The first-order chi connectivity index (χ1) is 17.5. The Labute approximate surface area is 210 Å². The monoisotopic (exact) mass is 508 g/mol. The highest BCUT2D eigenvalue weighted by Crippen LogP contribution is 2.53. The largest absolute Gasteiger partial charge is 0.448 e. The van der Waals surface area contributed by atoms with Crippen molar-refractivity contribution < 1.29 is 23.6 Å². The SMILES string of the molecule is CC(C)C1CNCCC1(Oc1nccc(Oc2ccccc2C2C3SC(=O)N2C3=O)n1)c1cnno1. The molecule has 2 amide bonds. The van der Waals surface area contributed by atoms with E-state index < -0.39 is 10.9 Å². The van der Waals surface area contributed by atoms with Gasteiger partial charge in [0.2, 0.25) is 17.5 Å². The van der Waals surface area contributed by atoms with Crippen molar-refractivity contribution in [3.63, 3.8) is 0 Å². The standard InChI is InChI=1S/C24H24N6O5S/c1-13(2)15-11-25-10-8-24(15,17-12-27-29-35-17)34-22-26-9-7-18(28-22)33-16-6-4-3-5-14(16)19-20-21(31)30(19)23(32)36-20/h3-7,9,12-13,15,19-20,25H,8,10-11H2,1-2H3. The number of ether oxygens (including phenoxy) is 2. The Morgan fingerprint density at radius 3 is 2.83 bits per heavy atom. The van der Waals surface area contributed by atoms with E-state index in [4.69, 9.17) is 14.0 Å². The van der Waals surface area contributed by atoms with Gasteiger partial charge < -0.3 is 19.3 Å². The van der Waals surface area contributed by atoms with Gasteiger partial charge in [0, 0.05) is 42.0 Å². The number of aromatic nitrogens is 4. The van der Waals surface area contributed by atoms with Crippen LogP contribution in [-0.4, -0.2) is 54.7 Å². The van der Waals surface area contributed by atoms with Crippen LogP contribution in [-0.2, 0) is 10.4 Å². The van der Waals surface area contributed by atoms with E-state index in [9.17, 15) is 9.59 Å². The summed E-state index contributed by atoms with van der Waals surface area (Å²) in [6.07, 6.45) is 3.78. The Bertz CT molecular complexity index is 1300. The van der Waals surface area contributed by atoms with Crippen molar-refractivity contribution in [3.05, 3.63) is 54.0 Å². The highest BCUT2D eigenvalue weighted by atomic mass is 32.2. The van der Waals surface area contributed by atoms with Crippen LogP contribution in [0.5, 0.6) is 17.6 Å². The van der Waals surface area contributed by atoms with Gasteiger partial charge in [-0.25, -0.2) is 4.98 Å². The number of carbonyl (C=O) groups is 2. The molecule has 186 valence electrons. The van der Waals surface area contributed by atoms with Crippen LogP contribution in [0, 0.1) is 11.8 Å². The minimum atomic E-state index is -0.838. The quantitative estimate of drug-likeness (QED) is 0.471. The predicted molar refractivity (Wildman–Crippen MR) is 127 cm³/mol. The molecule has 36 heavy (non-hydrogen) atoms. The Morgan fingerprint density at radius 2 is 2.11 bits per heavy atom. The molecule has 2 aromatic heterocycles. The number of hydrogen-bond acceptors (Lipinski definition) is 11. The molecular formula is C24H24N6O5S. The van der Waals surface area contributed by atoms with Gasteiger partial charge in [-0.05, 0) is 30.3 Å². The van der Waals surface area contributed by atoms with E-state index in [1.807, 2.05) is 18.2 Å². The van der Waals surface area contributed by atoms with Crippen molar-refractivity contribution in [1.29, 1.82) is 0 Å².